The van der Waals surface area contributed by atoms with E-state index in [0.717, 1.165) is 5.39 Å². The van der Waals surface area contributed by atoms with Gasteiger partial charge in [0.05, 0.1) is 11.4 Å². The van der Waals surface area contributed by atoms with Gasteiger partial charge in [-0.3, -0.25) is 4.79 Å². The molecule has 3 rings (SSSR count). The molecule has 1 fully saturated rings. The van der Waals surface area contributed by atoms with Gasteiger partial charge in [0.2, 0.25) is 0 Å². The van der Waals surface area contributed by atoms with Gasteiger partial charge in [0, 0.05) is 11.1 Å². The van der Waals surface area contributed by atoms with Crippen LogP contribution in [0.5, 0.6) is 5.75 Å². The molecule has 1 unspecified atom stereocenters. The van der Waals surface area contributed by atoms with Gasteiger partial charge in [-0.15, -0.1) is 11.8 Å². The van der Waals surface area contributed by atoms with E-state index in [-0.39, 0.29) is 11.3 Å². The number of carbonyl (C=O) groups excluding carboxylic acids is 1. The van der Waals surface area contributed by atoms with Crippen LogP contribution in [0.1, 0.15) is 10.4 Å². The van der Waals surface area contributed by atoms with E-state index in [2.05, 4.69) is 0 Å². The topological polar surface area (TPSA) is 77.8 Å². The molecular weight excluding hydrogens is 290 g/mol. The predicted octanol–water partition coefficient (Wildman–Crippen LogP) is 2.15. The number of phenols is 1. The molecule has 2 aromatic rings. The molecule has 1 heterocycles. The minimum absolute atomic E-state index is 0.0980. The molecule has 0 aromatic heterocycles. The van der Waals surface area contributed by atoms with Crippen molar-refractivity contribution in [2.45, 2.75) is 6.04 Å². The van der Waals surface area contributed by atoms with Gasteiger partial charge in [0.1, 0.15) is 11.8 Å². The number of carboxylic acids is 1. The molecule has 1 amide bonds. The van der Waals surface area contributed by atoms with Crippen molar-refractivity contribution in [3.05, 3.63) is 42.0 Å². The predicted molar refractivity (Wildman–Crippen MR) is 80.5 cm³/mol. The van der Waals surface area contributed by atoms with E-state index in [1.54, 1.807) is 24.3 Å². The molecule has 0 bridgehead atoms. The molecule has 1 aliphatic rings. The summed E-state index contributed by atoms with van der Waals surface area (Å²) >= 11 is 1.39. The first-order valence-corrected chi connectivity index (χ1v) is 7.57. The molecule has 2 aromatic carbocycles. The highest BCUT2D eigenvalue weighted by Crippen LogP contribution is 2.31. The Hall–Kier alpha value is -2.21. The summed E-state index contributed by atoms with van der Waals surface area (Å²) in [5, 5.41) is 20.9. The van der Waals surface area contributed by atoms with Crippen LogP contribution in [0.4, 0.5) is 0 Å². The minimum Gasteiger partial charge on any atom is -0.506 e. The molecular formula is C15H13NO4S. The lowest BCUT2D eigenvalue weighted by molar-refractivity contribution is -0.140. The first kappa shape index (κ1) is 13.8. The van der Waals surface area contributed by atoms with Crippen molar-refractivity contribution < 1.29 is 19.8 Å². The van der Waals surface area contributed by atoms with Crippen molar-refractivity contribution in [2.75, 3.05) is 11.6 Å². The van der Waals surface area contributed by atoms with E-state index in [1.807, 2.05) is 12.1 Å². The lowest BCUT2D eigenvalue weighted by Crippen LogP contribution is -2.41. The van der Waals surface area contributed by atoms with Gasteiger partial charge in [-0.1, -0.05) is 30.3 Å². The Morgan fingerprint density at radius 3 is 2.71 bits per heavy atom. The molecule has 5 nitrogen and oxygen atoms in total. The van der Waals surface area contributed by atoms with Gasteiger partial charge in [0.25, 0.3) is 5.91 Å². The SMILES string of the molecule is O=C(O)C1CSCN1C(=O)c1ccc2ccccc2c1O. The van der Waals surface area contributed by atoms with Crippen LogP contribution in [-0.2, 0) is 4.79 Å². The van der Waals surface area contributed by atoms with E-state index in [4.69, 9.17) is 5.11 Å². The Morgan fingerprint density at radius 2 is 1.95 bits per heavy atom. The number of nitrogens with zero attached hydrogens (tertiary/aromatic N) is 1. The Morgan fingerprint density at radius 1 is 1.19 bits per heavy atom. The van der Waals surface area contributed by atoms with Gasteiger partial charge in [-0.05, 0) is 11.5 Å². The van der Waals surface area contributed by atoms with Gasteiger partial charge >= 0.3 is 5.97 Å². The average Bonchev–Trinajstić information content (AvgIpc) is 2.97. The van der Waals surface area contributed by atoms with E-state index >= 15 is 0 Å². The number of thioether (sulfide) groups is 1. The van der Waals surface area contributed by atoms with Crippen molar-refractivity contribution in [3.63, 3.8) is 0 Å². The fourth-order valence-electron chi connectivity index (χ4n) is 2.43. The summed E-state index contributed by atoms with van der Waals surface area (Å²) in [6, 6.07) is 9.66. The van der Waals surface area contributed by atoms with Crippen LogP contribution in [0.2, 0.25) is 0 Å². The summed E-state index contributed by atoms with van der Waals surface area (Å²) in [5.74, 6) is -0.874. The van der Waals surface area contributed by atoms with E-state index in [1.165, 1.54) is 16.7 Å². The molecule has 1 atom stereocenters. The van der Waals surface area contributed by atoms with Crippen LogP contribution in [0.3, 0.4) is 0 Å². The monoisotopic (exact) mass is 303 g/mol. The molecule has 0 aliphatic carbocycles. The van der Waals surface area contributed by atoms with Crippen LogP contribution in [0.25, 0.3) is 10.8 Å². The van der Waals surface area contributed by atoms with Crippen molar-refractivity contribution in [2.24, 2.45) is 0 Å². The third-order valence-corrected chi connectivity index (χ3v) is 4.57. The Labute approximate surface area is 125 Å². The minimum atomic E-state index is -1.02. The molecule has 0 radical (unpaired) electrons. The molecule has 6 heteroatoms. The maximum Gasteiger partial charge on any atom is 0.327 e. The van der Waals surface area contributed by atoms with Crippen LogP contribution in [0, 0.1) is 0 Å². The van der Waals surface area contributed by atoms with Gasteiger partial charge in [-0.25, -0.2) is 4.79 Å². The number of benzene rings is 2. The van der Waals surface area contributed by atoms with E-state index in [9.17, 15) is 14.7 Å². The number of hydrogen-bond acceptors (Lipinski definition) is 4. The molecule has 0 saturated carbocycles. The number of carbonyl (C=O) groups is 2. The maximum atomic E-state index is 12.5. The molecule has 1 aliphatic heterocycles. The summed E-state index contributed by atoms with van der Waals surface area (Å²) in [5.41, 5.74) is 0.141. The van der Waals surface area contributed by atoms with E-state index < -0.39 is 17.9 Å². The first-order chi connectivity index (χ1) is 10.1. The average molecular weight is 303 g/mol. The number of carboxylic acid groups (broad SMARTS) is 1. The molecule has 108 valence electrons. The van der Waals surface area contributed by atoms with Gasteiger partial charge < -0.3 is 15.1 Å². The second-order valence-corrected chi connectivity index (χ2v) is 5.81. The smallest absolute Gasteiger partial charge is 0.327 e. The lowest BCUT2D eigenvalue weighted by atomic mass is 10.0. The van der Waals surface area contributed by atoms with Crippen LogP contribution in [0.15, 0.2) is 36.4 Å². The molecule has 21 heavy (non-hydrogen) atoms. The van der Waals surface area contributed by atoms with Gasteiger partial charge in [-0.2, -0.15) is 0 Å². The zero-order chi connectivity index (χ0) is 15.0. The Bertz CT molecular complexity index is 731. The van der Waals surface area contributed by atoms with E-state index in [0.29, 0.717) is 17.0 Å². The Kier molecular flexibility index (Phi) is 3.47. The third kappa shape index (κ3) is 2.31. The number of rotatable bonds is 2. The largest absolute Gasteiger partial charge is 0.506 e. The highest BCUT2D eigenvalue weighted by molar-refractivity contribution is 7.99. The zero-order valence-corrected chi connectivity index (χ0v) is 11.8. The fourth-order valence-corrected chi connectivity index (χ4v) is 3.57. The summed E-state index contributed by atoms with van der Waals surface area (Å²) in [4.78, 5) is 25.0. The highest BCUT2D eigenvalue weighted by Gasteiger charge is 2.35. The second-order valence-electron chi connectivity index (χ2n) is 4.81. The van der Waals surface area contributed by atoms with Crippen LogP contribution >= 0.6 is 11.8 Å². The quantitative estimate of drug-likeness (QED) is 0.889. The first-order valence-electron chi connectivity index (χ1n) is 6.42. The van der Waals surface area contributed by atoms with Crippen molar-refractivity contribution >= 4 is 34.4 Å². The third-order valence-electron chi connectivity index (χ3n) is 3.56. The van der Waals surface area contributed by atoms with Crippen LogP contribution in [-0.4, -0.2) is 44.7 Å². The number of aromatic hydroxyl groups is 1. The Balaban J connectivity index is 2.02. The normalized spacial score (nSPS) is 18.1. The summed E-state index contributed by atoms with van der Waals surface area (Å²) in [6.07, 6.45) is 0. The summed E-state index contributed by atoms with van der Waals surface area (Å²) in [7, 11) is 0. The second kappa shape index (κ2) is 5.29. The maximum absolute atomic E-state index is 12.5. The standard InChI is InChI=1S/C15H13NO4S/c17-13-10-4-2-1-3-9(10)5-6-11(13)14(18)16-8-21-7-12(16)15(19)20/h1-6,12,17H,7-8H2,(H,19,20). The lowest BCUT2D eigenvalue weighted by Gasteiger charge is -2.21. The molecule has 0 spiro atoms. The van der Waals surface area contributed by atoms with Crippen molar-refractivity contribution in [3.8, 4) is 5.75 Å². The number of fused-ring (bicyclic) bond motifs is 1. The number of aliphatic carboxylic acids is 1. The van der Waals surface area contributed by atoms with Crippen LogP contribution < -0.4 is 0 Å². The summed E-state index contributed by atoms with van der Waals surface area (Å²) < 4.78 is 0. The number of phenolic OH excluding ortho intramolecular Hbond substituents is 1. The fraction of sp³-hybridized carbons (Fsp3) is 0.200. The summed E-state index contributed by atoms with van der Waals surface area (Å²) in [6.45, 7) is 0. The van der Waals surface area contributed by atoms with Gasteiger partial charge in [0.15, 0.2) is 0 Å². The molecule has 1 saturated heterocycles. The van der Waals surface area contributed by atoms with Crippen molar-refractivity contribution in [1.29, 1.82) is 0 Å². The number of amides is 1. The molecule has 2 N–H and O–H groups in total. The zero-order valence-electron chi connectivity index (χ0n) is 11.0. The highest BCUT2D eigenvalue weighted by atomic mass is 32.2. The number of hydrogen-bond donors (Lipinski definition) is 2. The van der Waals surface area contributed by atoms with Crippen molar-refractivity contribution in [1.82, 2.24) is 4.90 Å².